The van der Waals surface area contributed by atoms with Crippen LogP contribution in [0.15, 0.2) is 24.3 Å². The molecule has 1 aromatic rings. The molecule has 2 heteroatoms. The fraction of sp³-hybridized carbons (Fsp3) is 0.684. The highest BCUT2D eigenvalue weighted by atomic mass is 15.1. The lowest BCUT2D eigenvalue weighted by molar-refractivity contribution is 0.200. The van der Waals surface area contributed by atoms with Gasteiger partial charge in [-0.05, 0) is 62.4 Å². The highest BCUT2D eigenvalue weighted by Crippen LogP contribution is 2.27. The topological polar surface area (TPSA) is 15.3 Å². The Kier molecular flexibility index (Phi) is 6.72. The van der Waals surface area contributed by atoms with Crippen molar-refractivity contribution in [1.29, 1.82) is 0 Å². The number of rotatable bonds is 9. The van der Waals surface area contributed by atoms with Crippen molar-refractivity contribution in [3.63, 3.8) is 0 Å². The van der Waals surface area contributed by atoms with E-state index in [-0.39, 0.29) is 0 Å². The SMILES string of the molecule is CC(C)CNCCc1ccccc1CN(C)CC1CCC1. The quantitative estimate of drug-likeness (QED) is 0.697. The van der Waals surface area contributed by atoms with Crippen molar-refractivity contribution >= 4 is 0 Å². The van der Waals surface area contributed by atoms with Crippen LogP contribution < -0.4 is 5.32 Å². The smallest absolute Gasteiger partial charge is 0.0233 e. The van der Waals surface area contributed by atoms with Gasteiger partial charge in [0.2, 0.25) is 0 Å². The molecule has 0 atom stereocenters. The first-order chi connectivity index (χ1) is 10.1. The minimum absolute atomic E-state index is 0.730. The second-order valence-corrected chi connectivity index (χ2v) is 7.11. The van der Waals surface area contributed by atoms with E-state index in [1.165, 1.54) is 36.9 Å². The first kappa shape index (κ1) is 16.5. The predicted octanol–water partition coefficient (Wildman–Crippen LogP) is 3.71. The van der Waals surface area contributed by atoms with Crippen molar-refractivity contribution in [2.75, 3.05) is 26.7 Å². The van der Waals surface area contributed by atoms with E-state index in [0.717, 1.165) is 37.9 Å². The Labute approximate surface area is 130 Å². The van der Waals surface area contributed by atoms with Crippen molar-refractivity contribution in [3.8, 4) is 0 Å². The van der Waals surface area contributed by atoms with Crippen molar-refractivity contribution in [2.24, 2.45) is 11.8 Å². The van der Waals surface area contributed by atoms with Crippen molar-refractivity contribution < 1.29 is 0 Å². The zero-order valence-corrected chi connectivity index (χ0v) is 14.1. The minimum atomic E-state index is 0.730. The third-order valence-corrected chi connectivity index (χ3v) is 4.48. The van der Waals surface area contributed by atoms with E-state index in [2.05, 4.69) is 55.4 Å². The Morgan fingerprint density at radius 3 is 2.52 bits per heavy atom. The summed E-state index contributed by atoms with van der Waals surface area (Å²) in [6, 6.07) is 8.95. The molecule has 0 aromatic heterocycles. The standard InChI is InChI=1S/C19H32N2/c1-16(2)13-20-12-11-18-9-4-5-10-19(18)15-21(3)14-17-7-6-8-17/h4-5,9-10,16-17,20H,6-8,11-15H2,1-3H3. The summed E-state index contributed by atoms with van der Waals surface area (Å²) in [4.78, 5) is 2.50. The number of nitrogens with one attached hydrogen (secondary N) is 1. The van der Waals surface area contributed by atoms with Crippen molar-refractivity contribution in [1.82, 2.24) is 10.2 Å². The summed E-state index contributed by atoms with van der Waals surface area (Å²) in [5.74, 6) is 1.68. The summed E-state index contributed by atoms with van der Waals surface area (Å²) < 4.78 is 0. The van der Waals surface area contributed by atoms with Crippen LogP contribution >= 0.6 is 0 Å². The van der Waals surface area contributed by atoms with Gasteiger partial charge in [0.15, 0.2) is 0 Å². The summed E-state index contributed by atoms with van der Waals surface area (Å²) in [6.07, 6.45) is 5.45. The molecule has 1 saturated carbocycles. The molecule has 118 valence electrons. The van der Waals surface area contributed by atoms with Gasteiger partial charge in [-0.15, -0.1) is 0 Å². The number of nitrogens with zero attached hydrogens (tertiary/aromatic N) is 1. The summed E-state index contributed by atoms with van der Waals surface area (Å²) >= 11 is 0. The van der Waals surface area contributed by atoms with Gasteiger partial charge in [0.1, 0.15) is 0 Å². The van der Waals surface area contributed by atoms with Crippen LogP contribution in [-0.2, 0) is 13.0 Å². The largest absolute Gasteiger partial charge is 0.316 e. The molecule has 0 saturated heterocycles. The van der Waals surface area contributed by atoms with E-state index < -0.39 is 0 Å². The molecule has 0 heterocycles. The van der Waals surface area contributed by atoms with Crippen LogP contribution in [0.25, 0.3) is 0 Å². The molecule has 1 aromatic carbocycles. The molecule has 1 aliphatic rings. The molecule has 1 aliphatic carbocycles. The van der Waals surface area contributed by atoms with Gasteiger partial charge in [-0.1, -0.05) is 44.5 Å². The minimum Gasteiger partial charge on any atom is -0.316 e. The number of hydrogen-bond acceptors (Lipinski definition) is 2. The maximum absolute atomic E-state index is 3.55. The molecule has 2 nitrogen and oxygen atoms in total. The van der Waals surface area contributed by atoms with E-state index in [1.54, 1.807) is 0 Å². The third kappa shape index (κ3) is 5.80. The highest BCUT2D eigenvalue weighted by molar-refractivity contribution is 5.27. The lowest BCUT2D eigenvalue weighted by atomic mass is 9.85. The molecule has 1 fully saturated rings. The van der Waals surface area contributed by atoms with E-state index >= 15 is 0 Å². The summed E-state index contributed by atoms with van der Waals surface area (Å²) in [5.41, 5.74) is 3.01. The first-order valence-corrected chi connectivity index (χ1v) is 8.61. The van der Waals surface area contributed by atoms with Crippen molar-refractivity contribution in [2.45, 2.75) is 46.1 Å². The Morgan fingerprint density at radius 2 is 1.90 bits per heavy atom. The van der Waals surface area contributed by atoms with E-state index in [9.17, 15) is 0 Å². The Hall–Kier alpha value is -0.860. The average molecular weight is 288 g/mol. The van der Waals surface area contributed by atoms with Crippen LogP contribution in [0.3, 0.4) is 0 Å². The zero-order chi connectivity index (χ0) is 15.1. The Morgan fingerprint density at radius 1 is 1.19 bits per heavy atom. The van der Waals surface area contributed by atoms with Crippen molar-refractivity contribution in [3.05, 3.63) is 35.4 Å². The third-order valence-electron chi connectivity index (χ3n) is 4.48. The molecule has 0 aliphatic heterocycles. The summed E-state index contributed by atoms with van der Waals surface area (Å²) in [5, 5.41) is 3.55. The maximum Gasteiger partial charge on any atom is 0.0233 e. The second kappa shape index (κ2) is 8.55. The molecule has 0 amide bonds. The molecule has 0 unspecified atom stereocenters. The molecule has 2 rings (SSSR count). The van der Waals surface area contributed by atoms with Gasteiger partial charge in [0.05, 0.1) is 0 Å². The molecular weight excluding hydrogens is 256 g/mol. The van der Waals surface area contributed by atoms with E-state index in [4.69, 9.17) is 0 Å². The monoisotopic (exact) mass is 288 g/mol. The fourth-order valence-electron chi connectivity index (χ4n) is 3.04. The predicted molar refractivity (Wildman–Crippen MR) is 91.5 cm³/mol. The van der Waals surface area contributed by atoms with Gasteiger partial charge in [-0.25, -0.2) is 0 Å². The fourth-order valence-corrected chi connectivity index (χ4v) is 3.04. The highest BCUT2D eigenvalue weighted by Gasteiger charge is 2.19. The Bertz CT molecular complexity index is 410. The molecule has 0 spiro atoms. The number of benzene rings is 1. The first-order valence-electron chi connectivity index (χ1n) is 8.61. The van der Waals surface area contributed by atoms with Crippen LogP contribution in [0.1, 0.15) is 44.2 Å². The maximum atomic E-state index is 3.55. The molecule has 1 N–H and O–H groups in total. The van der Waals surface area contributed by atoms with Gasteiger partial charge in [-0.2, -0.15) is 0 Å². The van der Waals surface area contributed by atoms with E-state index in [1.807, 2.05) is 0 Å². The zero-order valence-electron chi connectivity index (χ0n) is 14.1. The van der Waals surface area contributed by atoms with Gasteiger partial charge < -0.3 is 10.2 Å². The van der Waals surface area contributed by atoms with E-state index in [0.29, 0.717) is 0 Å². The van der Waals surface area contributed by atoms with Gasteiger partial charge in [0, 0.05) is 13.1 Å². The average Bonchev–Trinajstić information content (AvgIpc) is 2.40. The molecule has 0 radical (unpaired) electrons. The van der Waals surface area contributed by atoms with Crippen LogP contribution in [0.2, 0.25) is 0 Å². The second-order valence-electron chi connectivity index (χ2n) is 7.11. The van der Waals surface area contributed by atoms with Gasteiger partial charge in [-0.3, -0.25) is 0 Å². The summed E-state index contributed by atoms with van der Waals surface area (Å²) in [7, 11) is 2.27. The lowest BCUT2D eigenvalue weighted by Gasteiger charge is -2.30. The van der Waals surface area contributed by atoms with Crippen LogP contribution in [-0.4, -0.2) is 31.6 Å². The van der Waals surface area contributed by atoms with Crippen LogP contribution in [0.5, 0.6) is 0 Å². The Balaban J connectivity index is 1.80. The number of hydrogen-bond donors (Lipinski definition) is 1. The van der Waals surface area contributed by atoms with Crippen LogP contribution in [0, 0.1) is 11.8 Å². The van der Waals surface area contributed by atoms with Crippen LogP contribution in [0.4, 0.5) is 0 Å². The van der Waals surface area contributed by atoms with Gasteiger partial charge in [0.25, 0.3) is 0 Å². The molecule has 21 heavy (non-hydrogen) atoms. The summed E-state index contributed by atoms with van der Waals surface area (Å²) in [6.45, 7) is 9.08. The molecule has 0 bridgehead atoms. The lowest BCUT2D eigenvalue weighted by Crippen LogP contribution is -2.29. The molecular formula is C19H32N2. The normalized spacial score (nSPS) is 15.7. The van der Waals surface area contributed by atoms with Gasteiger partial charge >= 0.3 is 0 Å².